The van der Waals surface area contributed by atoms with Gasteiger partial charge in [-0.25, -0.2) is 5.48 Å². The Hall–Kier alpha value is -4.74. The van der Waals surface area contributed by atoms with E-state index in [1.807, 2.05) is 6.07 Å². The molecule has 3 aromatic rings. The minimum atomic E-state index is -0.894. The fourth-order valence-corrected chi connectivity index (χ4v) is 3.61. The average Bonchev–Trinajstić information content (AvgIpc) is 2.93. The van der Waals surface area contributed by atoms with Crippen LogP contribution in [-0.4, -0.2) is 34.8 Å². The number of amides is 3. The smallest absolute Gasteiger partial charge is 0.274 e. The minimum Gasteiger partial charge on any atom is -0.344 e. The van der Waals surface area contributed by atoms with E-state index in [2.05, 4.69) is 16.6 Å². The van der Waals surface area contributed by atoms with Gasteiger partial charge in [0.05, 0.1) is 0 Å². The van der Waals surface area contributed by atoms with Gasteiger partial charge in [-0.05, 0) is 36.2 Å². The van der Waals surface area contributed by atoms with Crippen LogP contribution in [-0.2, 0) is 16.0 Å². The van der Waals surface area contributed by atoms with Gasteiger partial charge < -0.3 is 10.6 Å². The molecule has 0 saturated heterocycles. The summed E-state index contributed by atoms with van der Waals surface area (Å²) in [4.78, 5) is 49.7. The molecule has 0 fully saturated rings. The van der Waals surface area contributed by atoms with Crippen LogP contribution < -0.4 is 16.1 Å². The number of ketones is 1. The number of nitrogens with one attached hydrogen (secondary N) is 3. The molecule has 0 spiro atoms. The van der Waals surface area contributed by atoms with Crippen LogP contribution in [0.1, 0.15) is 51.1 Å². The highest BCUT2D eigenvalue weighted by Gasteiger charge is 2.22. The fraction of sp³-hybridized carbons (Fsp3) is 0.172. The van der Waals surface area contributed by atoms with Crippen LogP contribution in [0.3, 0.4) is 0 Å². The van der Waals surface area contributed by atoms with Crippen LogP contribution in [0.5, 0.6) is 0 Å². The zero-order valence-corrected chi connectivity index (χ0v) is 20.1. The molecule has 0 radical (unpaired) electrons. The third-order valence-electron chi connectivity index (χ3n) is 5.58. The van der Waals surface area contributed by atoms with Crippen molar-refractivity contribution in [1.82, 2.24) is 10.8 Å². The lowest BCUT2D eigenvalue weighted by Gasteiger charge is -2.19. The highest BCUT2D eigenvalue weighted by atomic mass is 16.5. The molecule has 0 aliphatic rings. The Kier molecular flexibility index (Phi) is 9.71. The summed E-state index contributed by atoms with van der Waals surface area (Å²) < 4.78 is 0. The molecule has 0 saturated carbocycles. The van der Waals surface area contributed by atoms with E-state index in [-0.39, 0.29) is 30.1 Å². The third kappa shape index (κ3) is 7.88. The first kappa shape index (κ1) is 26.9. The molecule has 3 amide bonds. The Morgan fingerprint density at radius 1 is 0.838 bits per heavy atom. The van der Waals surface area contributed by atoms with Crippen molar-refractivity contribution < 1.29 is 24.4 Å². The number of carbonyl (C=O) groups excluding carboxylic acids is 4. The summed E-state index contributed by atoms with van der Waals surface area (Å²) in [5.74, 6) is 0.943. The Morgan fingerprint density at radius 3 is 2.08 bits per heavy atom. The van der Waals surface area contributed by atoms with E-state index < -0.39 is 17.9 Å². The number of carbonyl (C=O) groups is 4. The SMILES string of the molecule is C#CCCCC(=O)N[C@H](Cc1ccc(C(=O)c2ccccc2)cc1)C(=O)Nc1ccc(C(=O)NO)cc1. The summed E-state index contributed by atoms with van der Waals surface area (Å²) in [5.41, 5.74) is 4.01. The molecule has 0 aliphatic heterocycles. The number of rotatable bonds is 11. The molecule has 3 aromatic carbocycles. The van der Waals surface area contributed by atoms with Crippen molar-refractivity contribution >= 4 is 29.2 Å². The van der Waals surface area contributed by atoms with Crippen molar-refractivity contribution in [3.05, 3.63) is 101 Å². The van der Waals surface area contributed by atoms with Crippen molar-refractivity contribution in [1.29, 1.82) is 0 Å². The third-order valence-corrected chi connectivity index (χ3v) is 5.58. The summed E-state index contributed by atoms with van der Waals surface area (Å²) in [6.07, 6.45) is 6.58. The molecule has 1 atom stereocenters. The largest absolute Gasteiger partial charge is 0.344 e. The monoisotopic (exact) mass is 497 g/mol. The lowest BCUT2D eigenvalue weighted by Crippen LogP contribution is -2.45. The highest BCUT2D eigenvalue weighted by Crippen LogP contribution is 2.15. The quantitative estimate of drug-likeness (QED) is 0.106. The van der Waals surface area contributed by atoms with Gasteiger partial charge in [-0.2, -0.15) is 0 Å². The van der Waals surface area contributed by atoms with Gasteiger partial charge in [0.15, 0.2) is 5.78 Å². The maximum absolute atomic E-state index is 13.1. The maximum Gasteiger partial charge on any atom is 0.274 e. The lowest BCUT2D eigenvalue weighted by molar-refractivity contribution is -0.126. The maximum atomic E-state index is 13.1. The molecule has 0 aliphatic carbocycles. The Balaban J connectivity index is 1.73. The molecule has 0 aromatic heterocycles. The second kappa shape index (κ2) is 13.4. The molecule has 8 heteroatoms. The highest BCUT2D eigenvalue weighted by molar-refractivity contribution is 6.09. The van der Waals surface area contributed by atoms with E-state index in [1.54, 1.807) is 54.0 Å². The molecule has 188 valence electrons. The topological polar surface area (TPSA) is 125 Å². The van der Waals surface area contributed by atoms with Gasteiger partial charge in [-0.15, -0.1) is 12.3 Å². The molecule has 0 unspecified atom stereocenters. The summed E-state index contributed by atoms with van der Waals surface area (Å²) in [6, 6.07) is 20.8. The number of hydrogen-bond donors (Lipinski definition) is 4. The van der Waals surface area contributed by atoms with Gasteiger partial charge in [-0.1, -0.05) is 54.6 Å². The van der Waals surface area contributed by atoms with Gasteiger partial charge in [0, 0.05) is 41.6 Å². The van der Waals surface area contributed by atoms with Crippen molar-refractivity contribution in [2.24, 2.45) is 0 Å². The van der Waals surface area contributed by atoms with E-state index in [9.17, 15) is 19.2 Å². The molecule has 37 heavy (non-hydrogen) atoms. The van der Waals surface area contributed by atoms with Crippen LogP contribution in [0.2, 0.25) is 0 Å². The molecule has 3 rings (SSSR count). The first-order valence-corrected chi connectivity index (χ1v) is 11.7. The molecule has 8 nitrogen and oxygen atoms in total. The normalized spacial score (nSPS) is 11.0. The van der Waals surface area contributed by atoms with Crippen LogP contribution in [0.4, 0.5) is 5.69 Å². The van der Waals surface area contributed by atoms with Crippen molar-refractivity contribution in [3.63, 3.8) is 0 Å². The predicted molar refractivity (Wildman–Crippen MR) is 139 cm³/mol. The van der Waals surface area contributed by atoms with Crippen LogP contribution in [0.15, 0.2) is 78.9 Å². The summed E-state index contributed by atoms with van der Waals surface area (Å²) >= 11 is 0. The minimum absolute atomic E-state index is 0.110. The van der Waals surface area contributed by atoms with Gasteiger partial charge in [0.25, 0.3) is 5.91 Å². The fourth-order valence-electron chi connectivity index (χ4n) is 3.61. The molecule has 0 bridgehead atoms. The van der Waals surface area contributed by atoms with Crippen molar-refractivity contribution in [2.45, 2.75) is 31.7 Å². The predicted octanol–water partition coefficient (Wildman–Crippen LogP) is 3.51. The standard InChI is InChI=1S/C29H27N3O5/c1-2-3-5-10-26(33)31-25(29(36)30-24-17-15-23(16-18-24)28(35)32-37)19-20-11-13-22(14-12-20)27(34)21-8-6-4-7-9-21/h1,4,6-9,11-18,25,37H,3,5,10,19H2,(H,30,36)(H,31,33)(H,32,35)/t25-/m1/s1. The Labute approximate surface area is 215 Å². The van der Waals surface area contributed by atoms with Crippen LogP contribution >= 0.6 is 0 Å². The first-order chi connectivity index (χ1) is 17.9. The van der Waals surface area contributed by atoms with Crippen molar-refractivity contribution in [2.75, 3.05) is 5.32 Å². The Morgan fingerprint density at radius 2 is 1.46 bits per heavy atom. The second-order valence-corrected chi connectivity index (χ2v) is 8.28. The summed E-state index contributed by atoms with van der Waals surface area (Å²) in [7, 11) is 0. The van der Waals surface area contributed by atoms with Gasteiger partial charge >= 0.3 is 0 Å². The van der Waals surface area contributed by atoms with E-state index in [1.165, 1.54) is 24.3 Å². The van der Waals surface area contributed by atoms with E-state index in [4.69, 9.17) is 11.6 Å². The summed E-state index contributed by atoms with van der Waals surface area (Å²) in [5, 5.41) is 14.2. The van der Waals surface area contributed by atoms with E-state index >= 15 is 0 Å². The zero-order chi connectivity index (χ0) is 26.6. The lowest BCUT2D eigenvalue weighted by atomic mass is 9.99. The van der Waals surface area contributed by atoms with Crippen molar-refractivity contribution in [3.8, 4) is 12.3 Å². The van der Waals surface area contributed by atoms with E-state index in [0.717, 1.165) is 5.56 Å². The Bertz CT molecular complexity index is 1280. The summed E-state index contributed by atoms with van der Waals surface area (Å²) in [6.45, 7) is 0. The molecule has 4 N–H and O–H groups in total. The number of anilines is 1. The van der Waals surface area contributed by atoms with Crippen LogP contribution in [0, 0.1) is 12.3 Å². The number of unbranched alkanes of at least 4 members (excludes halogenated alkanes) is 1. The number of terminal acetylenes is 1. The number of hydrogen-bond acceptors (Lipinski definition) is 5. The van der Waals surface area contributed by atoms with Gasteiger partial charge in [0.1, 0.15) is 6.04 Å². The second-order valence-electron chi connectivity index (χ2n) is 8.28. The molecular weight excluding hydrogens is 470 g/mol. The average molecular weight is 498 g/mol. The number of hydroxylamine groups is 1. The van der Waals surface area contributed by atoms with Crippen LogP contribution in [0.25, 0.3) is 0 Å². The van der Waals surface area contributed by atoms with Gasteiger partial charge in [0.2, 0.25) is 11.8 Å². The van der Waals surface area contributed by atoms with E-state index in [0.29, 0.717) is 29.7 Å². The number of benzene rings is 3. The first-order valence-electron chi connectivity index (χ1n) is 11.7. The van der Waals surface area contributed by atoms with Gasteiger partial charge in [-0.3, -0.25) is 24.4 Å². The molecular formula is C29H27N3O5. The zero-order valence-electron chi connectivity index (χ0n) is 20.1. The molecule has 0 heterocycles.